The van der Waals surface area contributed by atoms with Crippen LogP contribution in [-0.4, -0.2) is 18.2 Å². The molecule has 0 radical (unpaired) electrons. The molecule has 26 heavy (non-hydrogen) atoms. The summed E-state index contributed by atoms with van der Waals surface area (Å²) in [6.07, 6.45) is 1.69. The number of halogens is 2. The number of ether oxygens (including phenoxy) is 2. The second kappa shape index (κ2) is 7.92. The quantitative estimate of drug-likeness (QED) is 0.713. The van der Waals surface area contributed by atoms with Gasteiger partial charge < -0.3 is 15.2 Å². The molecule has 8 heteroatoms. The van der Waals surface area contributed by atoms with E-state index >= 15 is 0 Å². The van der Waals surface area contributed by atoms with Gasteiger partial charge in [0.05, 0.1) is 12.0 Å². The van der Waals surface area contributed by atoms with Crippen LogP contribution in [0.1, 0.15) is 11.1 Å². The number of rotatable bonds is 5. The van der Waals surface area contributed by atoms with Crippen molar-refractivity contribution in [2.24, 2.45) is 10.7 Å². The number of aliphatic imine (C=N–C) groups is 1. The van der Waals surface area contributed by atoms with E-state index in [1.807, 2.05) is 0 Å². The van der Waals surface area contributed by atoms with Gasteiger partial charge in [0.1, 0.15) is 12.4 Å². The summed E-state index contributed by atoms with van der Waals surface area (Å²) in [5.74, 6) is 0.365. The van der Waals surface area contributed by atoms with Gasteiger partial charge in [-0.05, 0) is 53.2 Å². The van der Waals surface area contributed by atoms with Crippen LogP contribution in [0, 0.1) is 5.82 Å². The van der Waals surface area contributed by atoms with Gasteiger partial charge in [0.25, 0.3) is 5.91 Å². The average molecular weight is 437 g/mol. The monoisotopic (exact) mass is 436 g/mol. The van der Waals surface area contributed by atoms with Crippen LogP contribution in [0.15, 0.2) is 50.8 Å². The minimum absolute atomic E-state index is 0.226. The summed E-state index contributed by atoms with van der Waals surface area (Å²) >= 11 is 4.59. The molecule has 2 N–H and O–H groups in total. The van der Waals surface area contributed by atoms with E-state index in [0.29, 0.717) is 16.4 Å². The van der Waals surface area contributed by atoms with Crippen LogP contribution in [0.25, 0.3) is 6.08 Å². The fourth-order valence-electron chi connectivity index (χ4n) is 2.24. The summed E-state index contributed by atoms with van der Waals surface area (Å²) < 4.78 is 24.9. The molecule has 0 aromatic heterocycles. The van der Waals surface area contributed by atoms with Crippen molar-refractivity contribution in [3.05, 3.63) is 62.7 Å². The average Bonchev–Trinajstić information content (AvgIpc) is 2.93. The molecule has 0 atom stereocenters. The van der Waals surface area contributed by atoms with E-state index in [1.54, 1.807) is 30.3 Å². The Kier molecular flexibility index (Phi) is 5.63. The maximum absolute atomic E-state index is 13.0. The summed E-state index contributed by atoms with van der Waals surface area (Å²) in [6.45, 7) is 0.266. The topological polar surface area (TPSA) is 73.9 Å². The van der Waals surface area contributed by atoms with Gasteiger partial charge in [0.15, 0.2) is 16.7 Å². The van der Waals surface area contributed by atoms with Crippen LogP contribution in [0.4, 0.5) is 4.39 Å². The molecule has 2 aromatic carbocycles. The lowest BCUT2D eigenvalue weighted by Crippen LogP contribution is -2.01. The number of hydrogen-bond donors (Lipinski definition) is 1. The highest BCUT2D eigenvalue weighted by molar-refractivity contribution is 9.10. The molecule has 0 unspecified atom stereocenters. The van der Waals surface area contributed by atoms with E-state index in [1.165, 1.54) is 19.2 Å². The maximum Gasteiger partial charge on any atom is 0.286 e. The van der Waals surface area contributed by atoms with Crippen molar-refractivity contribution in [3.8, 4) is 11.5 Å². The van der Waals surface area contributed by atoms with Gasteiger partial charge in [-0.15, -0.1) is 0 Å². The molecular formula is C18H14BrFN2O3S. The highest BCUT2D eigenvalue weighted by atomic mass is 79.9. The fraction of sp³-hybridized carbons (Fsp3) is 0.111. The number of amidine groups is 1. The Hall–Kier alpha value is -2.32. The molecule has 0 fully saturated rings. The minimum atomic E-state index is -0.366. The predicted molar refractivity (Wildman–Crippen MR) is 104 cm³/mol. The molecule has 1 aliphatic rings. The first-order valence-corrected chi connectivity index (χ1v) is 9.10. The van der Waals surface area contributed by atoms with Crippen LogP contribution in [0.5, 0.6) is 11.5 Å². The zero-order valence-electron chi connectivity index (χ0n) is 13.7. The molecule has 1 aliphatic heterocycles. The van der Waals surface area contributed by atoms with Gasteiger partial charge >= 0.3 is 0 Å². The number of nitrogens with zero attached hydrogens (tertiary/aromatic N) is 1. The number of thioether (sulfide) groups is 1. The lowest BCUT2D eigenvalue weighted by atomic mass is 10.2. The van der Waals surface area contributed by atoms with Crippen molar-refractivity contribution in [3.63, 3.8) is 0 Å². The van der Waals surface area contributed by atoms with Crippen LogP contribution in [0.3, 0.4) is 0 Å². The van der Waals surface area contributed by atoms with Gasteiger partial charge in [-0.3, -0.25) is 4.79 Å². The van der Waals surface area contributed by atoms with Crippen molar-refractivity contribution in [1.29, 1.82) is 0 Å². The molecule has 3 rings (SSSR count). The largest absolute Gasteiger partial charge is 0.493 e. The van der Waals surface area contributed by atoms with E-state index in [2.05, 4.69) is 20.9 Å². The molecule has 0 aliphatic carbocycles. The van der Waals surface area contributed by atoms with E-state index in [9.17, 15) is 9.18 Å². The molecular weight excluding hydrogens is 423 g/mol. The number of amides is 1. The van der Waals surface area contributed by atoms with E-state index < -0.39 is 0 Å². The van der Waals surface area contributed by atoms with Crippen molar-refractivity contribution in [2.75, 3.05) is 7.11 Å². The normalized spacial score (nSPS) is 15.3. The molecule has 5 nitrogen and oxygen atoms in total. The zero-order chi connectivity index (χ0) is 18.7. The van der Waals surface area contributed by atoms with Gasteiger partial charge in [0.2, 0.25) is 0 Å². The number of methoxy groups -OCH3 is 1. The first-order chi connectivity index (χ1) is 12.5. The maximum atomic E-state index is 13.0. The zero-order valence-corrected chi connectivity index (χ0v) is 16.1. The summed E-state index contributed by atoms with van der Waals surface area (Å²) in [6, 6.07) is 9.57. The minimum Gasteiger partial charge on any atom is -0.493 e. The molecule has 0 spiro atoms. The smallest absolute Gasteiger partial charge is 0.286 e. The van der Waals surface area contributed by atoms with Gasteiger partial charge in [-0.25, -0.2) is 4.39 Å². The Balaban J connectivity index is 1.82. The Morgan fingerprint density at radius 3 is 2.62 bits per heavy atom. The highest BCUT2D eigenvalue weighted by Gasteiger charge is 2.20. The van der Waals surface area contributed by atoms with Crippen molar-refractivity contribution >= 4 is 44.8 Å². The van der Waals surface area contributed by atoms with Crippen molar-refractivity contribution in [2.45, 2.75) is 6.61 Å². The third-order valence-corrected chi connectivity index (χ3v) is 5.01. The van der Waals surface area contributed by atoms with Crippen molar-refractivity contribution in [1.82, 2.24) is 0 Å². The second-order valence-electron chi connectivity index (χ2n) is 5.31. The van der Waals surface area contributed by atoms with E-state index in [4.69, 9.17) is 15.2 Å². The molecule has 2 aromatic rings. The summed E-state index contributed by atoms with van der Waals surface area (Å²) in [4.78, 5) is 15.9. The molecule has 0 saturated carbocycles. The lowest BCUT2D eigenvalue weighted by molar-refractivity contribution is -0.113. The first-order valence-electron chi connectivity index (χ1n) is 7.49. The Labute approximate surface area is 162 Å². The van der Waals surface area contributed by atoms with Crippen LogP contribution in [0.2, 0.25) is 0 Å². The summed E-state index contributed by atoms with van der Waals surface area (Å²) in [7, 11) is 1.53. The standard InChI is InChI=1S/C18H14BrFN2O3S/c1-24-14-6-11(7-16-17(23)22-18(21)26-16)13(19)8-15(14)25-9-10-2-4-12(20)5-3-10/h2-8H,9H2,1H3,(H2,21,22,23). The lowest BCUT2D eigenvalue weighted by Gasteiger charge is -2.13. The number of nitrogens with two attached hydrogens (primary N) is 1. The van der Waals surface area contributed by atoms with Gasteiger partial charge in [-0.2, -0.15) is 4.99 Å². The molecule has 1 heterocycles. The van der Waals surface area contributed by atoms with Crippen LogP contribution < -0.4 is 15.2 Å². The third-order valence-electron chi connectivity index (χ3n) is 3.51. The summed E-state index contributed by atoms with van der Waals surface area (Å²) in [5.41, 5.74) is 7.13. The number of carbonyl (C=O) groups excluding carboxylic acids is 1. The number of benzene rings is 2. The Morgan fingerprint density at radius 1 is 1.27 bits per heavy atom. The second-order valence-corrected chi connectivity index (χ2v) is 7.22. The fourth-order valence-corrected chi connectivity index (χ4v) is 3.35. The highest BCUT2D eigenvalue weighted by Crippen LogP contribution is 2.36. The summed E-state index contributed by atoms with van der Waals surface area (Å²) in [5, 5.41) is 0.226. The third kappa shape index (κ3) is 4.25. The SMILES string of the molecule is COc1cc(C=C2SC(N)=NC2=O)c(Br)cc1OCc1ccc(F)cc1. The molecule has 1 amide bonds. The van der Waals surface area contributed by atoms with Gasteiger partial charge in [0, 0.05) is 4.47 Å². The molecule has 134 valence electrons. The Morgan fingerprint density at radius 2 is 2.00 bits per heavy atom. The van der Waals surface area contributed by atoms with Crippen molar-refractivity contribution < 1.29 is 18.7 Å². The predicted octanol–water partition coefficient (Wildman–Crippen LogP) is 4.10. The number of hydrogen-bond acceptors (Lipinski definition) is 5. The van der Waals surface area contributed by atoms with Gasteiger partial charge in [-0.1, -0.05) is 28.1 Å². The first kappa shape index (κ1) is 18.5. The van der Waals surface area contributed by atoms with Crippen LogP contribution >= 0.6 is 27.7 Å². The molecule has 0 bridgehead atoms. The van der Waals surface area contributed by atoms with E-state index in [-0.39, 0.29) is 23.5 Å². The van der Waals surface area contributed by atoms with E-state index in [0.717, 1.165) is 27.4 Å². The van der Waals surface area contributed by atoms with Crippen LogP contribution in [-0.2, 0) is 11.4 Å². The Bertz CT molecular complexity index is 913. The number of carbonyl (C=O) groups is 1. The molecule has 0 saturated heterocycles.